The highest BCUT2D eigenvalue weighted by molar-refractivity contribution is 5.75. The van der Waals surface area contributed by atoms with Crippen LogP contribution in [0.4, 0.5) is 0 Å². The van der Waals surface area contributed by atoms with Crippen molar-refractivity contribution in [1.82, 2.24) is 20.4 Å². The second-order valence-corrected chi connectivity index (χ2v) is 5.27. The maximum Gasteiger partial charge on any atom is 0.242 e. The Morgan fingerprint density at radius 3 is 2.75 bits per heavy atom. The molecule has 0 aliphatic carbocycles. The van der Waals surface area contributed by atoms with E-state index >= 15 is 0 Å². The fourth-order valence-electron chi connectivity index (χ4n) is 1.96. The highest BCUT2D eigenvalue weighted by Gasteiger charge is 2.13. The van der Waals surface area contributed by atoms with Gasteiger partial charge in [0, 0.05) is 17.8 Å². The number of nitrogens with one attached hydrogen (secondary N) is 2. The second-order valence-electron chi connectivity index (χ2n) is 5.27. The first-order chi connectivity index (χ1) is 9.45. The number of hydrogen-bond donors (Lipinski definition) is 2. The van der Waals surface area contributed by atoms with Crippen molar-refractivity contribution in [3.8, 4) is 6.07 Å². The summed E-state index contributed by atoms with van der Waals surface area (Å²) in [5, 5.41) is 18.7. The van der Waals surface area contributed by atoms with Gasteiger partial charge in [-0.3, -0.25) is 9.48 Å². The van der Waals surface area contributed by atoms with Crippen LogP contribution in [0.3, 0.4) is 0 Å². The number of amides is 1. The zero-order valence-corrected chi connectivity index (χ0v) is 12.7. The quantitative estimate of drug-likeness (QED) is 0.725. The minimum absolute atomic E-state index is 0.0287. The van der Waals surface area contributed by atoms with Gasteiger partial charge in [0.2, 0.25) is 5.91 Å². The molecule has 6 nitrogen and oxygen atoms in total. The molecular formula is C14H23N5O. The monoisotopic (exact) mass is 277 g/mol. The summed E-state index contributed by atoms with van der Waals surface area (Å²) in [6.07, 6.45) is 0. The number of aryl methyl sites for hydroxylation is 1. The summed E-state index contributed by atoms with van der Waals surface area (Å²) >= 11 is 0. The summed E-state index contributed by atoms with van der Waals surface area (Å²) < 4.78 is 1.69. The molecule has 110 valence electrons. The van der Waals surface area contributed by atoms with Crippen molar-refractivity contribution < 1.29 is 4.79 Å². The minimum atomic E-state index is -0.196. The molecule has 0 atom stereocenters. The van der Waals surface area contributed by atoms with Gasteiger partial charge in [0.15, 0.2) is 0 Å². The minimum Gasteiger partial charge on any atom is -0.341 e. The van der Waals surface area contributed by atoms with E-state index in [1.54, 1.807) is 4.68 Å². The van der Waals surface area contributed by atoms with Gasteiger partial charge in [-0.05, 0) is 26.3 Å². The smallest absolute Gasteiger partial charge is 0.242 e. The summed E-state index contributed by atoms with van der Waals surface area (Å²) in [7, 11) is 0. The van der Waals surface area contributed by atoms with E-state index in [0.717, 1.165) is 30.0 Å². The summed E-state index contributed by atoms with van der Waals surface area (Å²) in [6, 6.07) is 1.88. The Morgan fingerprint density at radius 2 is 2.15 bits per heavy atom. The van der Waals surface area contributed by atoms with Gasteiger partial charge in [-0.15, -0.1) is 0 Å². The van der Waals surface area contributed by atoms with Crippen LogP contribution < -0.4 is 10.6 Å². The fourth-order valence-corrected chi connectivity index (χ4v) is 1.96. The lowest BCUT2D eigenvalue weighted by atomic mass is 10.2. The predicted molar refractivity (Wildman–Crippen MR) is 76.9 cm³/mol. The Labute approximate surface area is 120 Å². The second kappa shape index (κ2) is 7.65. The normalized spacial score (nSPS) is 10.6. The van der Waals surface area contributed by atoms with Crippen LogP contribution in [0.2, 0.25) is 0 Å². The van der Waals surface area contributed by atoms with Crippen molar-refractivity contribution in [2.45, 2.75) is 40.8 Å². The molecule has 20 heavy (non-hydrogen) atoms. The van der Waals surface area contributed by atoms with Gasteiger partial charge in [-0.1, -0.05) is 13.8 Å². The molecule has 0 bridgehead atoms. The van der Waals surface area contributed by atoms with Crippen molar-refractivity contribution in [1.29, 1.82) is 5.26 Å². The predicted octanol–water partition coefficient (Wildman–Crippen LogP) is 0.885. The van der Waals surface area contributed by atoms with Crippen molar-refractivity contribution in [3.05, 3.63) is 17.0 Å². The molecule has 0 aliphatic heterocycles. The lowest BCUT2D eigenvalue weighted by molar-refractivity contribution is -0.121. The first-order valence-corrected chi connectivity index (χ1v) is 6.83. The zero-order chi connectivity index (χ0) is 15.1. The Balaban J connectivity index is 2.66. The zero-order valence-electron chi connectivity index (χ0n) is 12.7. The molecule has 0 aromatic carbocycles. The molecule has 1 amide bonds. The number of nitriles is 1. The summed E-state index contributed by atoms with van der Waals surface area (Å²) in [6.45, 7) is 10.1. The molecule has 1 aromatic heterocycles. The van der Waals surface area contributed by atoms with E-state index in [0.29, 0.717) is 5.92 Å². The number of carbonyl (C=O) groups excluding carboxylic acids is 1. The van der Waals surface area contributed by atoms with Crippen LogP contribution in [0.25, 0.3) is 0 Å². The maximum absolute atomic E-state index is 11.6. The lowest BCUT2D eigenvalue weighted by Gasteiger charge is -2.08. The molecule has 1 heterocycles. The molecule has 0 unspecified atom stereocenters. The Bertz CT molecular complexity index is 498. The molecule has 1 rings (SSSR count). The van der Waals surface area contributed by atoms with Crippen LogP contribution in [-0.4, -0.2) is 28.8 Å². The van der Waals surface area contributed by atoms with Gasteiger partial charge in [-0.25, -0.2) is 0 Å². The lowest BCUT2D eigenvalue weighted by Crippen LogP contribution is -2.28. The third-order valence-electron chi connectivity index (χ3n) is 3.04. The van der Waals surface area contributed by atoms with Crippen molar-refractivity contribution >= 4 is 5.91 Å². The maximum atomic E-state index is 11.6. The van der Waals surface area contributed by atoms with E-state index in [4.69, 9.17) is 5.26 Å². The third kappa shape index (κ3) is 4.67. The molecule has 6 heteroatoms. The molecule has 0 aliphatic rings. The Morgan fingerprint density at radius 1 is 1.45 bits per heavy atom. The Kier molecular flexibility index (Phi) is 6.19. The van der Waals surface area contributed by atoms with E-state index in [9.17, 15) is 4.79 Å². The molecule has 0 spiro atoms. The molecule has 0 fully saturated rings. The van der Waals surface area contributed by atoms with Crippen LogP contribution in [-0.2, 0) is 17.9 Å². The van der Waals surface area contributed by atoms with Crippen molar-refractivity contribution in [2.24, 2.45) is 5.92 Å². The largest absolute Gasteiger partial charge is 0.341 e. The molecule has 1 aromatic rings. The van der Waals surface area contributed by atoms with E-state index in [2.05, 4.69) is 29.6 Å². The van der Waals surface area contributed by atoms with E-state index in [1.807, 2.05) is 19.9 Å². The average Bonchev–Trinajstić information content (AvgIpc) is 2.63. The molecule has 0 radical (unpaired) electrons. The van der Waals surface area contributed by atoms with Crippen LogP contribution in [0.5, 0.6) is 0 Å². The Hall–Kier alpha value is -1.87. The van der Waals surface area contributed by atoms with E-state index < -0.39 is 0 Å². The highest BCUT2D eigenvalue weighted by atomic mass is 16.2. The highest BCUT2D eigenvalue weighted by Crippen LogP contribution is 2.12. The number of aromatic nitrogens is 2. The number of carbonyl (C=O) groups is 1. The third-order valence-corrected chi connectivity index (χ3v) is 3.04. The van der Waals surface area contributed by atoms with Gasteiger partial charge in [0.1, 0.15) is 13.1 Å². The van der Waals surface area contributed by atoms with Gasteiger partial charge < -0.3 is 10.6 Å². The van der Waals surface area contributed by atoms with Gasteiger partial charge >= 0.3 is 0 Å². The summed E-state index contributed by atoms with van der Waals surface area (Å²) in [5.74, 6) is 0.404. The van der Waals surface area contributed by atoms with E-state index in [-0.39, 0.29) is 19.0 Å². The number of nitrogens with zero attached hydrogens (tertiary/aromatic N) is 3. The number of hydrogen-bond acceptors (Lipinski definition) is 4. The molecule has 2 N–H and O–H groups in total. The van der Waals surface area contributed by atoms with Gasteiger partial charge in [-0.2, -0.15) is 10.4 Å². The SMILES string of the molecule is Cc1nn(CC(=O)NCC#N)c(C)c1CNCC(C)C. The summed E-state index contributed by atoms with van der Waals surface area (Å²) in [4.78, 5) is 11.6. The topological polar surface area (TPSA) is 82.7 Å². The molecular weight excluding hydrogens is 254 g/mol. The van der Waals surface area contributed by atoms with Crippen LogP contribution in [0, 0.1) is 31.1 Å². The van der Waals surface area contributed by atoms with Gasteiger partial charge in [0.05, 0.1) is 11.8 Å². The van der Waals surface area contributed by atoms with Crippen LogP contribution >= 0.6 is 0 Å². The fraction of sp³-hybridized carbons (Fsp3) is 0.643. The molecule has 0 saturated heterocycles. The standard InChI is InChI=1S/C14H23N5O/c1-10(2)7-16-8-13-11(3)18-19(12(13)4)9-14(20)17-6-5-15/h10,16H,6-9H2,1-4H3,(H,17,20). The first kappa shape index (κ1) is 16.2. The molecule has 0 saturated carbocycles. The van der Waals surface area contributed by atoms with Crippen LogP contribution in [0.1, 0.15) is 30.8 Å². The van der Waals surface area contributed by atoms with Crippen LogP contribution in [0.15, 0.2) is 0 Å². The van der Waals surface area contributed by atoms with Crippen molar-refractivity contribution in [3.63, 3.8) is 0 Å². The first-order valence-electron chi connectivity index (χ1n) is 6.83. The van der Waals surface area contributed by atoms with Crippen molar-refractivity contribution in [2.75, 3.05) is 13.1 Å². The number of rotatable bonds is 7. The van der Waals surface area contributed by atoms with E-state index in [1.165, 1.54) is 0 Å². The average molecular weight is 277 g/mol. The van der Waals surface area contributed by atoms with Gasteiger partial charge in [0.25, 0.3) is 0 Å². The summed E-state index contributed by atoms with van der Waals surface area (Å²) in [5.41, 5.74) is 3.07.